The standard InChI is InChI=1S/C47H49ClFN5O5/c48-20-17-37(33-7-3-1-4-8-33)44(34-9-5-2-6-10-34)35-11-13-36(14-12-35)59-28-27-51-21-18-32(19-22-51)31-52-23-25-53(26-24-52)42-30-39-38(29-40(42)49)46(57)54(47(39)58)41-15-16-43(55)50-45(41)56/h1-14,29-30,32,41H,15-28,31H2,(H,50,55,56). The number of alkyl halides is 1. The van der Waals surface area contributed by atoms with Gasteiger partial charge in [-0.3, -0.25) is 39.2 Å². The molecule has 4 aliphatic rings. The number of halogens is 2. The average Bonchev–Trinajstić information content (AvgIpc) is 3.49. The molecule has 0 saturated carbocycles. The highest BCUT2D eigenvalue weighted by Gasteiger charge is 2.45. The van der Waals surface area contributed by atoms with Crippen LogP contribution in [-0.2, 0) is 9.59 Å². The van der Waals surface area contributed by atoms with Crippen LogP contribution in [-0.4, -0.2) is 109 Å². The van der Waals surface area contributed by atoms with Gasteiger partial charge in [0.05, 0.1) is 16.8 Å². The van der Waals surface area contributed by atoms with Gasteiger partial charge in [-0.05, 0) is 96.8 Å². The number of allylic oxidation sites excluding steroid dienone is 1. The smallest absolute Gasteiger partial charge is 0.262 e. The van der Waals surface area contributed by atoms with Crippen LogP contribution in [0.25, 0.3) is 11.1 Å². The molecule has 4 heterocycles. The van der Waals surface area contributed by atoms with E-state index in [-0.39, 0.29) is 29.7 Å². The van der Waals surface area contributed by atoms with Crippen LogP contribution in [0.3, 0.4) is 0 Å². The molecule has 10 nitrogen and oxygen atoms in total. The fourth-order valence-electron chi connectivity index (χ4n) is 8.93. The van der Waals surface area contributed by atoms with Gasteiger partial charge in [0, 0.05) is 51.6 Å². The molecule has 1 N–H and O–H groups in total. The van der Waals surface area contributed by atoms with E-state index in [0.717, 1.165) is 86.4 Å². The van der Waals surface area contributed by atoms with Gasteiger partial charge in [0.1, 0.15) is 24.2 Å². The first-order valence-electron chi connectivity index (χ1n) is 20.7. The Balaban J connectivity index is 0.798. The first kappa shape index (κ1) is 40.4. The van der Waals surface area contributed by atoms with Crippen LogP contribution in [0.2, 0.25) is 0 Å². The molecule has 12 heteroatoms. The van der Waals surface area contributed by atoms with Crippen LogP contribution in [0.4, 0.5) is 10.1 Å². The minimum Gasteiger partial charge on any atom is -0.492 e. The topological polar surface area (TPSA) is 102 Å². The average molecular weight is 818 g/mol. The van der Waals surface area contributed by atoms with Crippen LogP contribution in [0, 0.1) is 11.7 Å². The van der Waals surface area contributed by atoms with Gasteiger partial charge in [-0.15, -0.1) is 11.6 Å². The highest BCUT2D eigenvalue weighted by atomic mass is 35.5. The number of nitrogens with zero attached hydrogens (tertiary/aromatic N) is 4. The highest BCUT2D eigenvalue weighted by Crippen LogP contribution is 2.36. The molecular weight excluding hydrogens is 769 g/mol. The number of likely N-dealkylation sites (tertiary alicyclic amines) is 1. The lowest BCUT2D eigenvalue weighted by atomic mass is 9.88. The molecule has 3 fully saturated rings. The summed E-state index contributed by atoms with van der Waals surface area (Å²) in [6.45, 7) is 7.22. The van der Waals surface area contributed by atoms with Gasteiger partial charge in [-0.1, -0.05) is 72.8 Å². The van der Waals surface area contributed by atoms with E-state index in [1.807, 2.05) is 17.0 Å². The van der Waals surface area contributed by atoms with Crippen molar-refractivity contribution in [2.75, 3.05) is 69.7 Å². The second kappa shape index (κ2) is 18.3. The van der Waals surface area contributed by atoms with Crippen molar-refractivity contribution in [2.45, 2.75) is 38.1 Å². The Morgan fingerprint density at radius 2 is 1.36 bits per heavy atom. The van der Waals surface area contributed by atoms with Crippen LogP contribution < -0.4 is 15.0 Å². The molecule has 4 aromatic rings. The number of benzene rings is 4. The van der Waals surface area contributed by atoms with Gasteiger partial charge in [0.2, 0.25) is 11.8 Å². The lowest BCUT2D eigenvalue weighted by molar-refractivity contribution is -0.136. The molecule has 0 aromatic heterocycles. The molecular formula is C47H49ClFN5O5. The molecule has 8 rings (SSSR count). The first-order valence-corrected chi connectivity index (χ1v) is 21.2. The van der Waals surface area contributed by atoms with Gasteiger partial charge < -0.3 is 9.64 Å². The summed E-state index contributed by atoms with van der Waals surface area (Å²) in [6.07, 6.45) is 3.05. The third kappa shape index (κ3) is 8.98. The lowest BCUT2D eigenvalue weighted by Gasteiger charge is -2.39. The quantitative estimate of drug-likeness (QED) is 0.0902. The Kier molecular flexibility index (Phi) is 12.5. The molecule has 4 aromatic carbocycles. The highest BCUT2D eigenvalue weighted by molar-refractivity contribution is 6.24. The number of hydrogen-bond acceptors (Lipinski definition) is 8. The van der Waals surface area contributed by atoms with Crippen LogP contribution in [0.1, 0.15) is 69.5 Å². The largest absolute Gasteiger partial charge is 0.492 e. The Bertz CT molecular complexity index is 2200. The molecule has 4 amide bonds. The van der Waals surface area contributed by atoms with Crippen molar-refractivity contribution in [3.8, 4) is 5.75 Å². The maximum atomic E-state index is 15.4. The third-order valence-electron chi connectivity index (χ3n) is 12.1. The second-order valence-electron chi connectivity index (χ2n) is 15.8. The summed E-state index contributed by atoms with van der Waals surface area (Å²) in [5.41, 5.74) is 6.18. The van der Waals surface area contributed by atoms with Crippen LogP contribution >= 0.6 is 11.6 Å². The SMILES string of the molecule is O=C1CCC(N2C(=O)c3cc(F)c(N4CCN(CC5CCN(CCOc6ccc(C(=C(CCCl)c7ccccc7)c7ccccc7)cc6)CC5)CC4)cc3C2=O)C(=O)N1. The van der Waals surface area contributed by atoms with Gasteiger partial charge in [-0.2, -0.15) is 0 Å². The van der Waals surface area contributed by atoms with Crippen molar-refractivity contribution in [3.63, 3.8) is 0 Å². The summed E-state index contributed by atoms with van der Waals surface area (Å²) < 4.78 is 21.7. The molecule has 0 radical (unpaired) electrons. The number of amides is 4. The van der Waals surface area contributed by atoms with E-state index in [0.29, 0.717) is 31.5 Å². The summed E-state index contributed by atoms with van der Waals surface area (Å²) >= 11 is 6.33. The number of carbonyl (C=O) groups excluding carboxylic acids is 4. The number of piperidine rings is 2. The molecule has 0 spiro atoms. The van der Waals surface area contributed by atoms with Gasteiger partial charge in [0.15, 0.2) is 0 Å². The van der Waals surface area contributed by atoms with Crippen molar-refractivity contribution in [1.29, 1.82) is 0 Å². The molecule has 4 aliphatic heterocycles. The predicted molar refractivity (Wildman–Crippen MR) is 227 cm³/mol. The van der Waals surface area contributed by atoms with E-state index < -0.39 is 35.5 Å². The molecule has 306 valence electrons. The zero-order valence-electron chi connectivity index (χ0n) is 33.1. The Morgan fingerprint density at radius 1 is 0.729 bits per heavy atom. The third-order valence-corrected chi connectivity index (χ3v) is 12.3. The van der Waals surface area contributed by atoms with E-state index in [2.05, 4.69) is 87.9 Å². The summed E-state index contributed by atoms with van der Waals surface area (Å²) in [4.78, 5) is 58.2. The Hall–Kier alpha value is -5.36. The van der Waals surface area contributed by atoms with Crippen LogP contribution in [0.15, 0.2) is 97.1 Å². The van der Waals surface area contributed by atoms with Crippen molar-refractivity contribution in [3.05, 3.63) is 131 Å². The van der Waals surface area contributed by atoms with Crippen molar-refractivity contribution in [2.24, 2.45) is 5.92 Å². The molecule has 1 atom stereocenters. The van der Waals surface area contributed by atoms with Crippen molar-refractivity contribution in [1.82, 2.24) is 20.0 Å². The number of carbonyl (C=O) groups is 4. The fourth-order valence-corrected chi connectivity index (χ4v) is 9.12. The van der Waals surface area contributed by atoms with Gasteiger partial charge in [-0.25, -0.2) is 4.39 Å². The number of ether oxygens (including phenoxy) is 1. The summed E-state index contributed by atoms with van der Waals surface area (Å²) in [7, 11) is 0. The number of anilines is 1. The number of hydrogen-bond donors (Lipinski definition) is 1. The lowest BCUT2D eigenvalue weighted by Crippen LogP contribution is -2.54. The van der Waals surface area contributed by atoms with E-state index in [1.54, 1.807) is 0 Å². The predicted octanol–water partition coefficient (Wildman–Crippen LogP) is 6.73. The number of nitrogens with one attached hydrogen (secondary N) is 1. The van der Waals surface area contributed by atoms with E-state index in [4.69, 9.17) is 16.3 Å². The van der Waals surface area contributed by atoms with E-state index in [9.17, 15) is 19.2 Å². The number of fused-ring (bicyclic) bond motifs is 1. The minimum absolute atomic E-state index is 0.0284. The minimum atomic E-state index is -1.09. The van der Waals surface area contributed by atoms with E-state index >= 15 is 4.39 Å². The molecule has 1 unspecified atom stereocenters. The van der Waals surface area contributed by atoms with Gasteiger partial charge in [0.25, 0.3) is 11.8 Å². The Labute approximate surface area is 349 Å². The summed E-state index contributed by atoms with van der Waals surface area (Å²) in [5.74, 6) is -1.07. The maximum Gasteiger partial charge on any atom is 0.262 e. The molecule has 0 bridgehead atoms. The number of rotatable bonds is 13. The fraction of sp³-hybridized carbons (Fsp3) is 0.362. The molecule has 59 heavy (non-hydrogen) atoms. The molecule has 0 aliphatic carbocycles. The molecule has 3 saturated heterocycles. The normalized spacial score (nSPS) is 19.8. The second-order valence-corrected chi connectivity index (χ2v) is 16.1. The summed E-state index contributed by atoms with van der Waals surface area (Å²) in [6, 6.07) is 30.8. The Morgan fingerprint density at radius 3 is 2.00 bits per heavy atom. The van der Waals surface area contributed by atoms with Crippen LogP contribution in [0.5, 0.6) is 5.75 Å². The zero-order chi connectivity index (χ0) is 40.9. The van der Waals surface area contributed by atoms with Crippen molar-refractivity contribution >= 4 is 52.1 Å². The van der Waals surface area contributed by atoms with Gasteiger partial charge >= 0.3 is 0 Å². The first-order chi connectivity index (χ1) is 28.8. The monoisotopic (exact) mass is 817 g/mol. The maximum absolute atomic E-state index is 15.4. The number of imide groups is 2. The van der Waals surface area contributed by atoms with E-state index in [1.165, 1.54) is 22.8 Å². The number of piperazine rings is 1. The zero-order valence-corrected chi connectivity index (χ0v) is 33.8. The summed E-state index contributed by atoms with van der Waals surface area (Å²) in [5, 5.41) is 2.19. The van der Waals surface area contributed by atoms with Crippen molar-refractivity contribution < 1.29 is 28.3 Å².